The smallest absolute Gasteiger partial charge is 0.416 e. The Morgan fingerprint density at radius 2 is 1.64 bits per heavy atom. The van der Waals surface area contributed by atoms with Crippen LogP contribution in [0.5, 0.6) is 5.75 Å². The Balaban J connectivity index is 1.76. The Morgan fingerprint density at radius 3 is 2.19 bits per heavy atom. The molecule has 2 fully saturated rings. The summed E-state index contributed by atoms with van der Waals surface area (Å²) < 4.78 is 39.5. The van der Waals surface area contributed by atoms with Crippen molar-refractivity contribution in [2.75, 3.05) is 14.1 Å². The lowest BCUT2D eigenvalue weighted by Gasteiger charge is -2.55. The number of aliphatic hydroxyl groups is 2. The number of rotatable bonds is 3. The quantitative estimate of drug-likeness (QED) is 0.380. The molecule has 220 valence electrons. The fourth-order valence-corrected chi connectivity index (χ4v) is 6.62. The third-order valence-electron chi connectivity index (χ3n) is 8.43. The number of amides is 1. The Morgan fingerprint density at radius 1 is 1.02 bits per heavy atom. The first-order valence-electron chi connectivity index (χ1n) is 12.8. The van der Waals surface area contributed by atoms with E-state index in [1.54, 1.807) is 0 Å². The van der Waals surface area contributed by atoms with Crippen molar-refractivity contribution in [3.05, 3.63) is 64.7 Å². The molecule has 0 saturated heterocycles. The number of phenols is 1. The summed E-state index contributed by atoms with van der Waals surface area (Å²) in [5, 5.41) is 34.1. The molecule has 3 aliphatic carbocycles. The van der Waals surface area contributed by atoms with E-state index in [0.29, 0.717) is 0 Å². The summed E-state index contributed by atoms with van der Waals surface area (Å²) in [6.45, 7) is 0. The average molecular weight is 587 g/mol. The topological polar surface area (TPSA) is 175 Å². The summed E-state index contributed by atoms with van der Waals surface area (Å²) in [4.78, 5) is 68.0. The number of halogens is 3. The van der Waals surface area contributed by atoms with Crippen molar-refractivity contribution in [1.82, 2.24) is 4.90 Å². The van der Waals surface area contributed by atoms with Gasteiger partial charge in [0.2, 0.25) is 5.91 Å². The molecule has 5 N–H and O–H groups in total. The van der Waals surface area contributed by atoms with Crippen LogP contribution in [0.15, 0.2) is 42.5 Å². The van der Waals surface area contributed by atoms with Gasteiger partial charge in [-0.3, -0.25) is 28.9 Å². The van der Waals surface area contributed by atoms with Gasteiger partial charge < -0.3 is 21.1 Å². The molecular formula is C29H25F3N2O8. The second-order valence-corrected chi connectivity index (χ2v) is 10.9. The van der Waals surface area contributed by atoms with E-state index in [-0.39, 0.29) is 22.3 Å². The van der Waals surface area contributed by atoms with Crippen LogP contribution in [-0.2, 0) is 25.4 Å². The van der Waals surface area contributed by atoms with Gasteiger partial charge in [0.25, 0.3) is 0 Å². The van der Waals surface area contributed by atoms with Crippen LogP contribution in [-0.4, -0.2) is 81.1 Å². The van der Waals surface area contributed by atoms with Crippen molar-refractivity contribution in [2.45, 2.75) is 23.9 Å². The number of nitrogens with zero attached hydrogens (tertiary/aromatic N) is 1. The summed E-state index contributed by atoms with van der Waals surface area (Å²) in [6, 6.07) is 6.25. The monoisotopic (exact) mass is 586 g/mol. The molecule has 13 heteroatoms. The molecule has 5 rings (SSSR count). The lowest BCUT2D eigenvalue weighted by atomic mass is 9.50. The largest absolute Gasteiger partial charge is 0.507 e. The van der Waals surface area contributed by atoms with E-state index in [9.17, 15) is 52.5 Å². The number of Topliss-reactive ketones (excluding diaryl/α,β-unsaturated/α-hetero) is 4. The zero-order valence-corrected chi connectivity index (χ0v) is 22.1. The number of fused-ring (bicyclic) bond motifs is 3. The van der Waals surface area contributed by atoms with Gasteiger partial charge in [0.15, 0.2) is 34.7 Å². The first-order valence-corrected chi connectivity index (χ1v) is 12.8. The van der Waals surface area contributed by atoms with E-state index in [1.807, 2.05) is 0 Å². The summed E-state index contributed by atoms with van der Waals surface area (Å²) in [6.07, 6.45) is -5.23. The van der Waals surface area contributed by atoms with Crippen LogP contribution in [0, 0.1) is 23.7 Å². The Labute approximate surface area is 236 Å². The minimum Gasteiger partial charge on any atom is -0.507 e. The molecule has 0 spiro atoms. The minimum absolute atomic E-state index is 0.0441. The highest BCUT2D eigenvalue weighted by atomic mass is 19.4. The first kappa shape index (κ1) is 29.3. The molecule has 42 heavy (non-hydrogen) atoms. The molecule has 7 atom stereocenters. The maximum atomic E-state index is 14.1. The number of aliphatic hydroxyl groups excluding tert-OH is 1. The highest BCUT2D eigenvalue weighted by molar-refractivity contribution is 6.33. The lowest BCUT2D eigenvalue weighted by molar-refractivity contribution is -0.192. The molecule has 2 saturated carbocycles. The molecule has 1 amide bonds. The van der Waals surface area contributed by atoms with E-state index >= 15 is 0 Å². The molecule has 7 unspecified atom stereocenters. The van der Waals surface area contributed by atoms with E-state index in [1.165, 1.54) is 37.2 Å². The number of likely N-dealkylation sites (N-methyl/N-ethyl adjacent to an activating group) is 1. The number of phenolic OH excluding ortho intramolecular Hbond substituents is 1. The van der Waals surface area contributed by atoms with E-state index in [0.717, 1.165) is 30.3 Å². The lowest BCUT2D eigenvalue weighted by Crippen LogP contribution is -2.77. The fraction of sp³-hybridized carbons (Fsp3) is 0.345. The SMILES string of the molecule is CN(C)C1C(=O)C(C(N)=O)C(=O)C2(O)C(=O)C3C(=O)c4c(O)cccc4C(=Cc4ccc(C(F)(F)F)cc4)C3C(O)C12. The van der Waals surface area contributed by atoms with Crippen LogP contribution in [0.3, 0.4) is 0 Å². The minimum atomic E-state index is -4.62. The molecular weight excluding hydrogens is 561 g/mol. The third kappa shape index (κ3) is 4.02. The number of nitrogens with two attached hydrogens (primary N) is 1. The van der Waals surface area contributed by atoms with Gasteiger partial charge in [0.05, 0.1) is 35.1 Å². The van der Waals surface area contributed by atoms with Crippen LogP contribution in [0.2, 0.25) is 0 Å². The maximum absolute atomic E-state index is 14.1. The number of hydrogen-bond donors (Lipinski definition) is 4. The number of benzene rings is 2. The number of carbonyl (C=O) groups is 5. The Bertz CT molecular complexity index is 1580. The Kier molecular flexibility index (Phi) is 6.75. The molecule has 10 nitrogen and oxygen atoms in total. The van der Waals surface area contributed by atoms with E-state index in [4.69, 9.17) is 5.73 Å². The van der Waals surface area contributed by atoms with Gasteiger partial charge in [-0.05, 0) is 49.0 Å². The number of carbonyl (C=O) groups excluding carboxylic acids is 5. The summed E-state index contributed by atoms with van der Waals surface area (Å²) in [5.41, 5.74) is 1.09. The van der Waals surface area contributed by atoms with Crippen molar-refractivity contribution < 1.29 is 52.5 Å². The number of aromatic hydroxyl groups is 1. The molecule has 0 radical (unpaired) electrons. The van der Waals surface area contributed by atoms with Crippen molar-refractivity contribution in [1.29, 1.82) is 0 Å². The van der Waals surface area contributed by atoms with Gasteiger partial charge in [-0.2, -0.15) is 13.2 Å². The molecule has 2 aromatic rings. The van der Waals surface area contributed by atoms with Crippen molar-refractivity contribution in [3.8, 4) is 5.75 Å². The summed E-state index contributed by atoms with van der Waals surface area (Å²) in [5.74, 6) is -14.6. The first-order chi connectivity index (χ1) is 19.5. The number of hydrogen-bond acceptors (Lipinski definition) is 9. The van der Waals surface area contributed by atoms with Gasteiger partial charge in [0.1, 0.15) is 5.75 Å². The highest BCUT2D eigenvalue weighted by Crippen LogP contribution is 2.54. The zero-order valence-electron chi connectivity index (χ0n) is 22.1. The van der Waals surface area contributed by atoms with Crippen LogP contribution in [0.25, 0.3) is 11.6 Å². The number of ketones is 4. The van der Waals surface area contributed by atoms with Crippen LogP contribution in [0.4, 0.5) is 13.2 Å². The standard InChI is InChI=1S/C29H25F3N2O8/c1-34(2)21-20-23(37)17-14(10-11-6-8-12(9-7-11)29(30,31)32)13-4-3-5-15(35)16(13)22(36)18(17)25(39)28(20,42)26(40)19(24(21)38)27(33)41/h3-10,17-21,23,35,37,42H,1-2H3,(H2,33,41). The fourth-order valence-electron chi connectivity index (χ4n) is 6.62. The normalized spacial score (nSPS) is 32.0. The van der Waals surface area contributed by atoms with Gasteiger partial charge >= 0.3 is 6.18 Å². The Hall–Kier alpha value is -4.20. The third-order valence-corrected chi connectivity index (χ3v) is 8.43. The summed E-state index contributed by atoms with van der Waals surface area (Å²) >= 11 is 0. The van der Waals surface area contributed by atoms with Gasteiger partial charge in [-0.15, -0.1) is 0 Å². The van der Waals surface area contributed by atoms with Crippen LogP contribution in [0.1, 0.15) is 27.0 Å². The predicted molar refractivity (Wildman–Crippen MR) is 138 cm³/mol. The van der Waals surface area contributed by atoms with Crippen molar-refractivity contribution >= 4 is 40.7 Å². The molecule has 0 bridgehead atoms. The van der Waals surface area contributed by atoms with Gasteiger partial charge in [0, 0.05) is 5.92 Å². The molecule has 2 aromatic carbocycles. The van der Waals surface area contributed by atoms with Gasteiger partial charge in [-0.25, -0.2) is 0 Å². The zero-order chi connectivity index (χ0) is 31.0. The van der Waals surface area contributed by atoms with Crippen LogP contribution >= 0.6 is 0 Å². The summed E-state index contributed by atoms with van der Waals surface area (Å²) in [7, 11) is 2.72. The number of primary amides is 1. The maximum Gasteiger partial charge on any atom is 0.416 e. The van der Waals surface area contributed by atoms with Crippen molar-refractivity contribution in [3.63, 3.8) is 0 Å². The predicted octanol–water partition coefficient (Wildman–Crippen LogP) is 0.855. The van der Waals surface area contributed by atoms with Crippen molar-refractivity contribution in [2.24, 2.45) is 29.4 Å². The van der Waals surface area contributed by atoms with Gasteiger partial charge in [-0.1, -0.05) is 30.3 Å². The highest BCUT2D eigenvalue weighted by Gasteiger charge is 2.72. The van der Waals surface area contributed by atoms with E-state index in [2.05, 4.69) is 0 Å². The number of alkyl halides is 3. The molecule has 3 aliphatic rings. The molecule has 0 aliphatic heterocycles. The van der Waals surface area contributed by atoms with E-state index < -0.39 is 87.9 Å². The second-order valence-electron chi connectivity index (χ2n) is 10.9. The average Bonchev–Trinajstić information content (AvgIpc) is 2.89. The molecule has 0 heterocycles. The molecule has 0 aromatic heterocycles. The van der Waals surface area contributed by atoms with Crippen LogP contribution < -0.4 is 5.73 Å². The second kappa shape index (κ2) is 9.68.